The van der Waals surface area contributed by atoms with Crippen LogP contribution in [0.2, 0.25) is 0 Å². The molecular weight excluding hydrogens is 199 g/mol. The molecule has 1 heterocycles. The maximum Gasteiger partial charge on any atom is 0.324 e. The van der Waals surface area contributed by atoms with Crippen molar-refractivity contribution in [3.05, 3.63) is 0 Å². The zero-order chi connectivity index (χ0) is 10.0. The lowest BCUT2D eigenvalue weighted by atomic mass is 10.3. The van der Waals surface area contributed by atoms with Crippen LogP contribution in [0, 0.1) is 0 Å². The molecule has 0 aromatic heterocycles. The monoisotopic (exact) mass is 208 g/mol. The Labute approximate surface area is 80.0 Å². The molecule has 2 unspecified atom stereocenters. The Kier molecular flexibility index (Phi) is 3.22. The molecule has 1 aliphatic rings. The summed E-state index contributed by atoms with van der Waals surface area (Å²) in [7, 11) is 0. The summed E-state index contributed by atoms with van der Waals surface area (Å²) in [6.45, 7) is 1.37. The van der Waals surface area contributed by atoms with Gasteiger partial charge < -0.3 is 0 Å². The van der Waals surface area contributed by atoms with E-state index in [0.717, 1.165) is 4.90 Å². The van der Waals surface area contributed by atoms with Gasteiger partial charge in [-0.05, 0) is 11.6 Å². The van der Waals surface area contributed by atoms with E-state index in [-0.39, 0.29) is 13.0 Å². The molecule has 74 valence electrons. The van der Waals surface area contributed by atoms with E-state index in [9.17, 15) is 14.0 Å². The van der Waals surface area contributed by atoms with Crippen LogP contribution in [0.15, 0.2) is 0 Å². The molecule has 2 amide bonds. The molecule has 0 aromatic rings. The number of nitrogens with zero attached hydrogens (tertiary/aromatic N) is 1. The van der Waals surface area contributed by atoms with Gasteiger partial charge in [-0.3, -0.25) is 19.8 Å². The predicted molar refractivity (Wildman–Crippen MR) is 45.1 cm³/mol. The number of carbonyl (C=O) groups excluding carboxylic acids is 2. The fraction of sp³-hybridized carbons (Fsp3) is 0.714. The molecule has 0 aromatic carbocycles. The third kappa shape index (κ3) is 2.38. The zero-order valence-corrected chi connectivity index (χ0v) is 7.84. The van der Waals surface area contributed by atoms with Crippen molar-refractivity contribution in [2.75, 3.05) is 6.54 Å². The first-order valence-corrected chi connectivity index (χ1v) is 4.27. The van der Waals surface area contributed by atoms with Crippen LogP contribution < -0.4 is 5.32 Å². The van der Waals surface area contributed by atoms with E-state index in [4.69, 9.17) is 11.6 Å². The fourth-order valence-corrected chi connectivity index (χ4v) is 1.57. The Morgan fingerprint density at radius 1 is 1.62 bits per heavy atom. The molecular formula is C7H10ClFN2O2. The van der Waals surface area contributed by atoms with Crippen LogP contribution in [0.5, 0.6) is 0 Å². The molecule has 0 bridgehead atoms. The predicted octanol–water partition coefficient (Wildman–Crippen LogP) is 0.851. The van der Waals surface area contributed by atoms with Crippen LogP contribution in [0.25, 0.3) is 0 Å². The van der Waals surface area contributed by atoms with Crippen molar-refractivity contribution >= 4 is 22.9 Å². The third-order valence-electron chi connectivity index (χ3n) is 1.89. The minimum atomic E-state index is -1.03. The lowest BCUT2D eigenvalue weighted by molar-refractivity contribution is -0.127. The number of carbonyl (C=O) groups is 2. The number of alkyl halides is 1. The second-order valence-electron chi connectivity index (χ2n) is 2.90. The lowest BCUT2D eigenvalue weighted by Crippen LogP contribution is -2.46. The molecule has 0 radical (unpaired) electrons. The van der Waals surface area contributed by atoms with E-state index in [1.54, 1.807) is 0 Å². The minimum absolute atomic E-state index is 0.109. The summed E-state index contributed by atoms with van der Waals surface area (Å²) in [6, 6.07) is 0. The standard InChI is InChI=1S/C7H10ClFN2O2/c1-4(12)11(7(8)13)6-2-5(9)3-10-6/h5-6,10H,2-3H2,1H3. The molecule has 1 rings (SSSR count). The van der Waals surface area contributed by atoms with Crippen molar-refractivity contribution in [2.45, 2.75) is 25.7 Å². The SMILES string of the molecule is CC(=O)N(C(=O)Cl)C1CC(F)CN1. The highest BCUT2D eigenvalue weighted by molar-refractivity contribution is 6.64. The summed E-state index contributed by atoms with van der Waals surface area (Å²) in [6.07, 6.45) is -1.52. The number of rotatable bonds is 1. The lowest BCUT2D eigenvalue weighted by Gasteiger charge is -2.22. The Bertz CT molecular complexity index is 223. The van der Waals surface area contributed by atoms with E-state index in [0.29, 0.717) is 0 Å². The minimum Gasteiger partial charge on any atom is -0.294 e. The first kappa shape index (κ1) is 10.4. The number of amides is 2. The quantitative estimate of drug-likeness (QED) is 0.514. The van der Waals surface area contributed by atoms with Gasteiger partial charge in [-0.15, -0.1) is 0 Å². The van der Waals surface area contributed by atoms with Gasteiger partial charge in [-0.25, -0.2) is 4.39 Å². The number of nitrogens with one attached hydrogen (secondary N) is 1. The zero-order valence-electron chi connectivity index (χ0n) is 7.09. The van der Waals surface area contributed by atoms with E-state index < -0.39 is 23.6 Å². The van der Waals surface area contributed by atoms with Crippen LogP contribution in [-0.2, 0) is 4.79 Å². The maximum atomic E-state index is 12.7. The van der Waals surface area contributed by atoms with Crippen LogP contribution in [0.3, 0.4) is 0 Å². The van der Waals surface area contributed by atoms with Gasteiger partial charge in [0.1, 0.15) is 6.17 Å². The summed E-state index contributed by atoms with van der Waals surface area (Å²) in [5.41, 5.74) is 0. The molecule has 1 N–H and O–H groups in total. The molecule has 0 spiro atoms. The second-order valence-corrected chi connectivity index (χ2v) is 3.22. The Hall–Kier alpha value is -0.680. The van der Waals surface area contributed by atoms with Gasteiger partial charge in [-0.2, -0.15) is 0 Å². The van der Waals surface area contributed by atoms with Crippen molar-refractivity contribution in [3.8, 4) is 0 Å². The van der Waals surface area contributed by atoms with Crippen molar-refractivity contribution in [2.24, 2.45) is 0 Å². The van der Waals surface area contributed by atoms with Gasteiger partial charge in [0.25, 0.3) is 0 Å². The Morgan fingerprint density at radius 2 is 2.23 bits per heavy atom. The molecule has 0 saturated carbocycles. The fourth-order valence-electron chi connectivity index (χ4n) is 1.34. The van der Waals surface area contributed by atoms with E-state index in [2.05, 4.69) is 5.32 Å². The van der Waals surface area contributed by atoms with Gasteiger partial charge >= 0.3 is 5.37 Å². The number of hydrogen-bond donors (Lipinski definition) is 1. The smallest absolute Gasteiger partial charge is 0.294 e. The summed E-state index contributed by atoms with van der Waals surface area (Å²) in [5.74, 6) is -0.480. The van der Waals surface area contributed by atoms with Gasteiger partial charge in [0.15, 0.2) is 0 Å². The molecule has 0 aliphatic carbocycles. The average Bonchev–Trinajstić information content (AvgIpc) is 2.34. The maximum absolute atomic E-state index is 12.7. The van der Waals surface area contributed by atoms with Crippen LogP contribution in [0.1, 0.15) is 13.3 Å². The topological polar surface area (TPSA) is 49.4 Å². The van der Waals surface area contributed by atoms with Gasteiger partial charge in [-0.1, -0.05) is 0 Å². The molecule has 6 heteroatoms. The molecule has 1 saturated heterocycles. The number of imide groups is 1. The molecule has 1 fully saturated rings. The number of halogens is 2. The Morgan fingerprint density at radius 3 is 2.54 bits per heavy atom. The van der Waals surface area contributed by atoms with Gasteiger partial charge in [0, 0.05) is 19.9 Å². The van der Waals surface area contributed by atoms with Crippen LogP contribution in [-0.4, -0.2) is 35.1 Å². The highest BCUT2D eigenvalue weighted by Gasteiger charge is 2.33. The van der Waals surface area contributed by atoms with Gasteiger partial charge in [0.2, 0.25) is 5.91 Å². The largest absolute Gasteiger partial charge is 0.324 e. The van der Waals surface area contributed by atoms with E-state index in [1.165, 1.54) is 6.92 Å². The average molecular weight is 209 g/mol. The molecule has 4 nitrogen and oxygen atoms in total. The molecule has 1 aliphatic heterocycles. The first-order chi connectivity index (χ1) is 6.02. The highest BCUT2D eigenvalue weighted by Crippen LogP contribution is 2.15. The van der Waals surface area contributed by atoms with Gasteiger partial charge in [0.05, 0.1) is 6.17 Å². The Balaban J connectivity index is 2.66. The first-order valence-electron chi connectivity index (χ1n) is 3.89. The summed E-state index contributed by atoms with van der Waals surface area (Å²) in [5, 5.41) is 1.82. The summed E-state index contributed by atoms with van der Waals surface area (Å²) in [4.78, 5) is 22.5. The molecule has 2 atom stereocenters. The van der Waals surface area contributed by atoms with Crippen molar-refractivity contribution < 1.29 is 14.0 Å². The van der Waals surface area contributed by atoms with Crippen molar-refractivity contribution in [3.63, 3.8) is 0 Å². The van der Waals surface area contributed by atoms with E-state index >= 15 is 0 Å². The molecule has 13 heavy (non-hydrogen) atoms. The second kappa shape index (κ2) is 4.02. The normalized spacial score (nSPS) is 27.3. The van der Waals surface area contributed by atoms with Crippen LogP contribution in [0.4, 0.5) is 9.18 Å². The summed E-state index contributed by atoms with van der Waals surface area (Å²) < 4.78 is 12.7. The highest BCUT2D eigenvalue weighted by atomic mass is 35.5. The summed E-state index contributed by atoms with van der Waals surface area (Å²) >= 11 is 5.17. The van der Waals surface area contributed by atoms with Crippen molar-refractivity contribution in [1.29, 1.82) is 0 Å². The van der Waals surface area contributed by atoms with Crippen LogP contribution >= 0.6 is 11.6 Å². The third-order valence-corrected chi connectivity index (χ3v) is 2.08. The van der Waals surface area contributed by atoms with Crippen molar-refractivity contribution in [1.82, 2.24) is 10.2 Å². The number of hydrogen-bond acceptors (Lipinski definition) is 3. The van der Waals surface area contributed by atoms with E-state index in [1.807, 2.05) is 0 Å².